The molecule has 3 aromatic rings. The summed E-state index contributed by atoms with van der Waals surface area (Å²) in [6.45, 7) is 6.50. The molecular formula is C20H19ClO3. The number of benzene rings is 2. The van der Waals surface area contributed by atoms with Crippen LogP contribution in [0.25, 0.3) is 11.0 Å². The van der Waals surface area contributed by atoms with Gasteiger partial charge in [0.15, 0.2) is 0 Å². The molecule has 3 nitrogen and oxygen atoms in total. The van der Waals surface area contributed by atoms with Crippen LogP contribution in [0.5, 0.6) is 5.75 Å². The van der Waals surface area contributed by atoms with E-state index in [4.69, 9.17) is 20.8 Å². The maximum absolute atomic E-state index is 11.7. The van der Waals surface area contributed by atoms with Gasteiger partial charge in [0.25, 0.3) is 0 Å². The Morgan fingerprint density at radius 3 is 2.62 bits per heavy atom. The van der Waals surface area contributed by atoms with Gasteiger partial charge in [0.2, 0.25) is 0 Å². The summed E-state index contributed by atoms with van der Waals surface area (Å²) in [5, 5.41) is 1.36. The Balaban J connectivity index is 1.96. The molecule has 124 valence electrons. The van der Waals surface area contributed by atoms with Crippen LogP contribution in [0.3, 0.4) is 0 Å². The van der Waals surface area contributed by atoms with Gasteiger partial charge in [-0.15, -0.1) is 0 Å². The third-order valence-corrected chi connectivity index (χ3v) is 4.45. The number of hydrogen-bond acceptors (Lipinski definition) is 3. The van der Waals surface area contributed by atoms with E-state index in [0.717, 1.165) is 28.5 Å². The Morgan fingerprint density at radius 2 is 1.88 bits per heavy atom. The van der Waals surface area contributed by atoms with E-state index in [1.165, 1.54) is 11.6 Å². The Kier molecular flexibility index (Phi) is 4.63. The van der Waals surface area contributed by atoms with Crippen molar-refractivity contribution >= 4 is 22.6 Å². The molecule has 3 rings (SSSR count). The van der Waals surface area contributed by atoms with Gasteiger partial charge in [0.05, 0.1) is 5.02 Å². The van der Waals surface area contributed by atoms with Crippen LogP contribution in [0.15, 0.2) is 45.6 Å². The van der Waals surface area contributed by atoms with E-state index in [9.17, 15) is 4.79 Å². The fourth-order valence-corrected chi connectivity index (χ4v) is 2.96. The highest BCUT2D eigenvalue weighted by atomic mass is 35.5. The Bertz CT molecular complexity index is 957. The largest absolute Gasteiger partial charge is 0.487 e. The van der Waals surface area contributed by atoms with Crippen molar-refractivity contribution in [1.82, 2.24) is 0 Å². The molecular weight excluding hydrogens is 324 g/mol. The molecule has 0 atom stereocenters. The van der Waals surface area contributed by atoms with Crippen molar-refractivity contribution in [2.24, 2.45) is 0 Å². The number of rotatable bonds is 4. The highest BCUT2D eigenvalue weighted by Crippen LogP contribution is 2.32. The van der Waals surface area contributed by atoms with Crippen molar-refractivity contribution in [3.8, 4) is 5.75 Å². The quantitative estimate of drug-likeness (QED) is 0.611. The maximum atomic E-state index is 11.7. The molecule has 0 amide bonds. The van der Waals surface area contributed by atoms with Gasteiger partial charge in [-0.2, -0.15) is 0 Å². The number of aryl methyl sites for hydroxylation is 3. The first-order valence-electron chi connectivity index (χ1n) is 7.93. The van der Waals surface area contributed by atoms with Crippen LogP contribution in [0.4, 0.5) is 0 Å². The molecule has 0 unspecified atom stereocenters. The number of ether oxygens (including phenoxy) is 1. The Morgan fingerprint density at radius 1 is 1.08 bits per heavy atom. The summed E-state index contributed by atoms with van der Waals surface area (Å²) in [7, 11) is 0. The fraction of sp³-hybridized carbons (Fsp3) is 0.250. The summed E-state index contributed by atoms with van der Waals surface area (Å²) in [4.78, 5) is 11.7. The maximum Gasteiger partial charge on any atom is 0.336 e. The highest BCUT2D eigenvalue weighted by molar-refractivity contribution is 6.32. The molecule has 0 bridgehead atoms. The van der Waals surface area contributed by atoms with Gasteiger partial charge in [-0.3, -0.25) is 0 Å². The summed E-state index contributed by atoms with van der Waals surface area (Å²) in [6, 6.07) is 11.3. The lowest BCUT2D eigenvalue weighted by Gasteiger charge is -2.12. The van der Waals surface area contributed by atoms with Crippen molar-refractivity contribution in [3.63, 3.8) is 0 Å². The van der Waals surface area contributed by atoms with Gasteiger partial charge in [-0.25, -0.2) is 4.79 Å². The standard InChI is InChI=1S/C20H19ClO3/c1-4-14-8-20(22)24-18-10-19(17(21)9-16(14)18)23-11-15-7-12(2)5-6-13(15)3/h5-10H,4,11H2,1-3H3. The molecule has 2 aromatic carbocycles. The van der Waals surface area contributed by atoms with E-state index < -0.39 is 0 Å². The predicted molar refractivity (Wildman–Crippen MR) is 97.1 cm³/mol. The molecule has 0 radical (unpaired) electrons. The zero-order chi connectivity index (χ0) is 17.3. The minimum Gasteiger partial charge on any atom is -0.487 e. The van der Waals surface area contributed by atoms with Crippen molar-refractivity contribution in [2.45, 2.75) is 33.8 Å². The normalized spacial score (nSPS) is 11.0. The topological polar surface area (TPSA) is 39.4 Å². The molecule has 0 fully saturated rings. The van der Waals surface area contributed by atoms with Crippen LogP contribution in [0.2, 0.25) is 5.02 Å². The SMILES string of the molecule is CCc1cc(=O)oc2cc(OCc3cc(C)ccc3C)c(Cl)cc12. The third-order valence-electron chi connectivity index (χ3n) is 4.15. The molecule has 0 aliphatic heterocycles. The first-order valence-corrected chi connectivity index (χ1v) is 8.31. The van der Waals surface area contributed by atoms with E-state index >= 15 is 0 Å². The van der Waals surface area contributed by atoms with Crippen LogP contribution >= 0.6 is 11.6 Å². The van der Waals surface area contributed by atoms with Gasteiger partial charge in [0, 0.05) is 17.5 Å². The van der Waals surface area contributed by atoms with Crippen LogP contribution in [0.1, 0.15) is 29.2 Å². The van der Waals surface area contributed by atoms with Gasteiger partial charge >= 0.3 is 5.63 Å². The molecule has 4 heteroatoms. The molecule has 1 heterocycles. The van der Waals surface area contributed by atoms with Crippen molar-refractivity contribution < 1.29 is 9.15 Å². The average Bonchev–Trinajstić information content (AvgIpc) is 2.55. The minimum absolute atomic E-state index is 0.359. The summed E-state index contributed by atoms with van der Waals surface area (Å²) in [5.41, 5.74) is 4.51. The molecule has 24 heavy (non-hydrogen) atoms. The summed E-state index contributed by atoms with van der Waals surface area (Å²) in [5.74, 6) is 0.515. The molecule has 0 aliphatic rings. The number of halogens is 1. The Labute approximate surface area is 145 Å². The summed E-state index contributed by atoms with van der Waals surface area (Å²) in [6.07, 6.45) is 0.737. The van der Waals surface area contributed by atoms with Crippen molar-refractivity contribution in [3.05, 3.63) is 74.1 Å². The Hall–Kier alpha value is -2.26. The zero-order valence-electron chi connectivity index (χ0n) is 14.0. The number of fused-ring (bicyclic) bond motifs is 1. The minimum atomic E-state index is -0.359. The molecule has 0 aliphatic carbocycles. The first kappa shape index (κ1) is 16.6. The van der Waals surface area contributed by atoms with Crippen LogP contribution in [0, 0.1) is 13.8 Å². The second kappa shape index (κ2) is 6.70. The smallest absolute Gasteiger partial charge is 0.336 e. The predicted octanol–water partition coefficient (Wildman–Crippen LogP) is 5.20. The monoisotopic (exact) mass is 342 g/mol. The summed E-state index contributed by atoms with van der Waals surface area (Å²) < 4.78 is 11.2. The molecule has 0 spiro atoms. The second-order valence-electron chi connectivity index (χ2n) is 5.94. The van der Waals surface area contributed by atoms with E-state index in [2.05, 4.69) is 18.2 Å². The van der Waals surface area contributed by atoms with Gasteiger partial charge in [-0.1, -0.05) is 42.3 Å². The van der Waals surface area contributed by atoms with Crippen molar-refractivity contribution in [2.75, 3.05) is 0 Å². The molecule has 1 aromatic heterocycles. The van der Waals surface area contributed by atoms with E-state index in [0.29, 0.717) is 23.0 Å². The average molecular weight is 343 g/mol. The van der Waals surface area contributed by atoms with Crippen molar-refractivity contribution in [1.29, 1.82) is 0 Å². The number of hydrogen-bond donors (Lipinski definition) is 0. The fourth-order valence-electron chi connectivity index (χ4n) is 2.74. The highest BCUT2D eigenvalue weighted by Gasteiger charge is 2.11. The van der Waals surface area contributed by atoms with Crippen LogP contribution in [-0.4, -0.2) is 0 Å². The van der Waals surface area contributed by atoms with Gasteiger partial charge < -0.3 is 9.15 Å². The molecule has 0 saturated carbocycles. The molecule has 0 N–H and O–H groups in total. The van der Waals surface area contributed by atoms with Gasteiger partial charge in [-0.05, 0) is 43.0 Å². The third kappa shape index (κ3) is 3.31. The second-order valence-corrected chi connectivity index (χ2v) is 6.35. The lowest BCUT2D eigenvalue weighted by Crippen LogP contribution is -2.02. The van der Waals surface area contributed by atoms with Crippen LogP contribution < -0.4 is 10.4 Å². The zero-order valence-corrected chi connectivity index (χ0v) is 14.7. The van der Waals surface area contributed by atoms with E-state index in [1.54, 1.807) is 12.1 Å². The van der Waals surface area contributed by atoms with E-state index in [-0.39, 0.29) is 5.63 Å². The molecule has 0 saturated heterocycles. The lowest BCUT2D eigenvalue weighted by atomic mass is 10.1. The lowest BCUT2D eigenvalue weighted by molar-refractivity contribution is 0.305. The summed E-state index contributed by atoms with van der Waals surface area (Å²) >= 11 is 6.36. The first-order chi connectivity index (χ1) is 11.5. The van der Waals surface area contributed by atoms with Gasteiger partial charge in [0.1, 0.15) is 17.9 Å². The van der Waals surface area contributed by atoms with E-state index in [1.807, 2.05) is 20.8 Å². The van der Waals surface area contributed by atoms with Crippen LogP contribution in [-0.2, 0) is 13.0 Å².